The van der Waals surface area contributed by atoms with Crippen LogP contribution in [0.25, 0.3) is 0 Å². The summed E-state index contributed by atoms with van der Waals surface area (Å²) in [6, 6.07) is 0.0968. The van der Waals surface area contributed by atoms with Crippen LogP contribution in [0.5, 0.6) is 0 Å². The smallest absolute Gasteiger partial charge is 0.315 e. The number of amides is 2. The number of ether oxygens (including phenoxy) is 1. The van der Waals surface area contributed by atoms with Crippen LogP contribution in [0.1, 0.15) is 47.5 Å². The SMILES string of the molecule is CC1CC(C)CN(CC(C)NC(=O)NCCCOC(C)C)C1. The van der Waals surface area contributed by atoms with Gasteiger partial charge in [-0.15, -0.1) is 0 Å². The molecule has 1 rings (SSSR count). The highest BCUT2D eigenvalue weighted by molar-refractivity contribution is 5.74. The van der Waals surface area contributed by atoms with E-state index in [1.54, 1.807) is 0 Å². The minimum Gasteiger partial charge on any atom is -0.379 e. The molecular formula is C17H35N3O2. The molecule has 130 valence electrons. The molecule has 0 saturated carbocycles. The summed E-state index contributed by atoms with van der Waals surface area (Å²) in [5.41, 5.74) is 0. The number of likely N-dealkylation sites (tertiary alicyclic amines) is 1. The molecule has 0 radical (unpaired) electrons. The highest BCUT2D eigenvalue weighted by Crippen LogP contribution is 2.20. The minimum atomic E-state index is -0.0739. The van der Waals surface area contributed by atoms with Crippen molar-refractivity contribution >= 4 is 6.03 Å². The zero-order valence-corrected chi connectivity index (χ0v) is 15.0. The number of hydrogen-bond acceptors (Lipinski definition) is 3. The first-order chi connectivity index (χ1) is 10.4. The number of hydrogen-bond donors (Lipinski definition) is 2. The fourth-order valence-corrected chi connectivity index (χ4v) is 3.24. The third kappa shape index (κ3) is 8.59. The Hall–Kier alpha value is -0.810. The molecule has 0 aromatic rings. The van der Waals surface area contributed by atoms with Gasteiger partial charge in [-0.25, -0.2) is 4.79 Å². The molecule has 0 bridgehead atoms. The van der Waals surface area contributed by atoms with Crippen LogP contribution < -0.4 is 10.6 Å². The van der Waals surface area contributed by atoms with Crippen molar-refractivity contribution in [2.45, 2.75) is 59.6 Å². The normalized spacial score (nSPS) is 24.3. The fraction of sp³-hybridized carbons (Fsp3) is 0.941. The van der Waals surface area contributed by atoms with Crippen molar-refractivity contribution in [3.8, 4) is 0 Å². The maximum Gasteiger partial charge on any atom is 0.315 e. The summed E-state index contributed by atoms with van der Waals surface area (Å²) >= 11 is 0. The van der Waals surface area contributed by atoms with Crippen molar-refractivity contribution in [1.82, 2.24) is 15.5 Å². The lowest BCUT2D eigenvalue weighted by atomic mass is 9.92. The maximum atomic E-state index is 11.8. The van der Waals surface area contributed by atoms with E-state index in [2.05, 4.69) is 36.3 Å². The van der Waals surface area contributed by atoms with E-state index in [1.807, 2.05) is 13.8 Å². The number of rotatable bonds is 8. The Morgan fingerprint density at radius 3 is 2.45 bits per heavy atom. The minimum absolute atomic E-state index is 0.0739. The van der Waals surface area contributed by atoms with Gasteiger partial charge in [0.1, 0.15) is 0 Å². The lowest BCUT2D eigenvalue weighted by Gasteiger charge is -2.36. The van der Waals surface area contributed by atoms with Gasteiger partial charge in [-0.3, -0.25) is 0 Å². The molecule has 5 heteroatoms. The van der Waals surface area contributed by atoms with Gasteiger partial charge in [-0.2, -0.15) is 0 Å². The van der Waals surface area contributed by atoms with Gasteiger partial charge < -0.3 is 20.3 Å². The number of urea groups is 1. The summed E-state index contributed by atoms with van der Waals surface area (Å²) < 4.78 is 5.45. The van der Waals surface area contributed by atoms with E-state index >= 15 is 0 Å². The quantitative estimate of drug-likeness (QED) is 0.677. The Morgan fingerprint density at radius 1 is 1.23 bits per heavy atom. The molecule has 1 saturated heterocycles. The van der Waals surface area contributed by atoms with Crippen molar-refractivity contribution in [3.63, 3.8) is 0 Å². The molecule has 22 heavy (non-hydrogen) atoms. The van der Waals surface area contributed by atoms with Gasteiger partial charge in [0, 0.05) is 38.8 Å². The van der Waals surface area contributed by atoms with Crippen molar-refractivity contribution in [1.29, 1.82) is 0 Å². The van der Waals surface area contributed by atoms with Gasteiger partial charge in [-0.05, 0) is 45.4 Å². The number of carbonyl (C=O) groups excluding carboxylic acids is 1. The Morgan fingerprint density at radius 2 is 1.86 bits per heavy atom. The van der Waals surface area contributed by atoms with Gasteiger partial charge >= 0.3 is 6.03 Å². The van der Waals surface area contributed by atoms with Gasteiger partial charge in [0.25, 0.3) is 0 Å². The highest BCUT2D eigenvalue weighted by Gasteiger charge is 2.23. The number of piperidine rings is 1. The first-order valence-electron chi connectivity index (χ1n) is 8.75. The third-order valence-corrected chi connectivity index (χ3v) is 3.91. The molecule has 0 aromatic carbocycles. The van der Waals surface area contributed by atoms with Crippen molar-refractivity contribution in [3.05, 3.63) is 0 Å². The van der Waals surface area contributed by atoms with Crippen LogP contribution in [0.15, 0.2) is 0 Å². The van der Waals surface area contributed by atoms with Crippen LogP contribution in [0, 0.1) is 11.8 Å². The third-order valence-electron chi connectivity index (χ3n) is 3.91. The Kier molecular flexibility index (Phi) is 8.79. The molecule has 3 unspecified atom stereocenters. The monoisotopic (exact) mass is 313 g/mol. The van der Waals surface area contributed by atoms with E-state index in [4.69, 9.17) is 4.74 Å². The number of carbonyl (C=O) groups is 1. The van der Waals surface area contributed by atoms with E-state index in [1.165, 1.54) is 6.42 Å². The second-order valence-electron chi connectivity index (χ2n) is 7.24. The maximum absolute atomic E-state index is 11.8. The molecule has 1 aliphatic heterocycles. The zero-order chi connectivity index (χ0) is 16.5. The van der Waals surface area contributed by atoms with E-state index in [0.717, 1.165) is 37.9 Å². The van der Waals surface area contributed by atoms with Gasteiger partial charge in [0.15, 0.2) is 0 Å². The molecule has 5 nitrogen and oxygen atoms in total. The Balaban J connectivity index is 2.13. The summed E-state index contributed by atoms with van der Waals surface area (Å²) in [6.07, 6.45) is 2.42. The molecule has 1 heterocycles. The predicted octanol–water partition coefficient (Wildman–Crippen LogP) is 2.47. The van der Waals surface area contributed by atoms with Gasteiger partial charge in [-0.1, -0.05) is 13.8 Å². The van der Waals surface area contributed by atoms with Gasteiger partial charge in [0.05, 0.1) is 6.10 Å². The first-order valence-corrected chi connectivity index (χ1v) is 8.75. The van der Waals surface area contributed by atoms with Gasteiger partial charge in [0.2, 0.25) is 0 Å². The highest BCUT2D eigenvalue weighted by atomic mass is 16.5. The average molecular weight is 313 g/mol. The second-order valence-corrected chi connectivity index (χ2v) is 7.24. The van der Waals surface area contributed by atoms with E-state index in [9.17, 15) is 4.79 Å². The summed E-state index contributed by atoms with van der Waals surface area (Å²) in [4.78, 5) is 14.3. The lowest BCUT2D eigenvalue weighted by molar-refractivity contribution is 0.0774. The van der Waals surface area contributed by atoms with Crippen molar-refractivity contribution in [2.75, 3.05) is 32.8 Å². The number of nitrogens with one attached hydrogen (secondary N) is 2. The summed E-state index contributed by atoms with van der Waals surface area (Å²) in [5, 5.41) is 5.92. The van der Waals surface area contributed by atoms with Crippen LogP contribution >= 0.6 is 0 Å². The molecule has 0 aromatic heterocycles. The molecule has 3 atom stereocenters. The topological polar surface area (TPSA) is 53.6 Å². The standard InChI is InChI=1S/C17H35N3O2/c1-13(2)22-8-6-7-18-17(21)19-16(5)12-20-10-14(3)9-15(4)11-20/h13-16H,6-12H2,1-5H3,(H2,18,19,21). The first kappa shape index (κ1) is 19.2. The molecule has 2 amide bonds. The van der Waals surface area contributed by atoms with Crippen molar-refractivity contribution in [2.24, 2.45) is 11.8 Å². The van der Waals surface area contributed by atoms with Crippen LogP contribution in [0.2, 0.25) is 0 Å². The Labute approximate surface area is 136 Å². The molecule has 0 aliphatic carbocycles. The van der Waals surface area contributed by atoms with Crippen LogP contribution in [0.3, 0.4) is 0 Å². The fourth-order valence-electron chi connectivity index (χ4n) is 3.24. The van der Waals surface area contributed by atoms with Crippen LogP contribution in [-0.4, -0.2) is 55.9 Å². The number of nitrogens with zero attached hydrogens (tertiary/aromatic N) is 1. The van der Waals surface area contributed by atoms with Crippen LogP contribution in [-0.2, 0) is 4.74 Å². The lowest BCUT2D eigenvalue weighted by Crippen LogP contribution is -2.49. The van der Waals surface area contributed by atoms with E-state index < -0.39 is 0 Å². The summed E-state index contributed by atoms with van der Waals surface area (Å²) in [7, 11) is 0. The van der Waals surface area contributed by atoms with E-state index in [0.29, 0.717) is 13.2 Å². The molecule has 2 N–H and O–H groups in total. The molecule has 1 fully saturated rings. The van der Waals surface area contributed by atoms with Crippen molar-refractivity contribution < 1.29 is 9.53 Å². The molecule has 0 spiro atoms. The summed E-state index contributed by atoms with van der Waals surface area (Å²) in [6.45, 7) is 15.3. The summed E-state index contributed by atoms with van der Waals surface area (Å²) in [5.74, 6) is 1.51. The largest absolute Gasteiger partial charge is 0.379 e. The molecular weight excluding hydrogens is 278 g/mol. The average Bonchev–Trinajstić information content (AvgIpc) is 2.36. The molecule has 1 aliphatic rings. The Bertz CT molecular complexity index is 313. The zero-order valence-electron chi connectivity index (χ0n) is 15.0. The predicted molar refractivity (Wildman–Crippen MR) is 91.1 cm³/mol. The van der Waals surface area contributed by atoms with Crippen LogP contribution in [0.4, 0.5) is 4.79 Å². The van der Waals surface area contributed by atoms with E-state index in [-0.39, 0.29) is 18.2 Å². The second kappa shape index (κ2) is 10.1.